The molecule has 0 bridgehead atoms. The molecule has 1 aromatic rings. The first-order chi connectivity index (χ1) is 9.03. The maximum atomic E-state index is 10.1. The van der Waals surface area contributed by atoms with Gasteiger partial charge in [0.25, 0.3) is 0 Å². The number of benzene rings is 1. The number of hydrogen-bond donors (Lipinski definition) is 2. The normalized spacial score (nSPS) is 27.0. The van der Waals surface area contributed by atoms with Gasteiger partial charge >= 0.3 is 0 Å². The molecule has 3 heteroatoms. The Hall–Kier alpha value is -1.06. The molecule has 19 heavy (non-hydrogen) atoms. The van der Waals surface area contributed by atoms with Crippen molar-refractivity contribution in [3.8, 4) is 0 Å². The molecule has 0 spiro atoms. The Morgan fingerprint density at radius 3 is 2.84 bits per heavy atom. The Morgan fingerprint density at radius 2 is 2.21 bits per heavy atom. The molecular formula is C16H24N2O. The molecule has 1 saturated carbocycles. The number of hydrogen-bond acceptors (Lipinski definition) is 3. The van der Waals surface area contributed by atoms with E-state index in [0.29, 0.717) is 0 Å². The van der Waals surface area contributed by atoms with Crippen molar-refractivity contribution in [2.75, 3.05) is 18.0 Å². The van der Waals surface area contributed by atoms with Crippen LogP contribution >= 0.6 is 0 Å². The molecule has 2 aliphatic rings. The van der Waals surface area contributed by atoms with Gasteiger partial charge in [0.05, 0.1) is 5.60 Å². The quantitative estimate of drug-likeness (QED) is 0.871. The largest absolute Gasteiger partial charge is 0.388 e. The van der Waals surface area contributed by atoms with Gasteiger partial charge in [0, 0.05) is 31.4 Å². The summed E-state index contributed by atoms with van der Waals surface area (Å²) in [7, 11) is 0. The SMILES string of the molecule is Cc1ccc(N2CCC(C)(O)C2)c(CNC2CC2)c1. The van der Waals surface area contributed by atoms with Gasteiger partial charge in [0.1, 0.15) is 0 Å². The zero-order valence-corrected chi connectivity index (χ0v) is 11.9. The highest BCUT2D eigenvalue weighted by atomic mass is 16.3. The van der Waals surface area contributed by atoms with Gasteiger partial charge in [-0.2, -0.15) is 0 Å². The molecule has 3 nitrogen and oxygen atoms in total. The number of nitrogens with zero attached hydrogens (tertiary/aromatic N) is 1. The van der Waals surface area contributed by atoms with E-state index in [0.717, 1.165) is 32.1 Å². The van der Waals surface area contributed by atoms with E-state index in [2.05, 4.69) is 35.3 Å². The first-order valence-electron chi connectivity index (χ1n) is 7.34. The molecule has 1 aliphatic heterocycles. The second-order valence-corrected chi connectivity index (χ2v) is 6.46. The molecule has 0 amide bonds. The summed E-state index contributed by atoms with van der Waals surface area (Å²) in [5.41, 5.74) is 3.43. The lowest BCUT2D eigenvalue weighted by molar-refractivity contribution is 0.0839. The summed E-state index contributed by atoms with van der Waals surface area (Å²) in [6.45, 7) is 6.72. The fourth-order valence-electron chi connectivity index (χ4n) is 2.86. The first-order valence-corrected chi connectivity index (χ1v) is 7.34. The molecule has 1 atom stereocenters. The fraction of sp³-hybridized carbons (Fsp3) is 0.625. The lowest BCUT2D eigenvalue weighted by Crippen LogP contribution is -2.30. The Morgan fingerprint density at radius 1 is 1.42 bits per heavy atom. The second kappa shape index (κ2) is 4.80. The molecular weight excluding hydrogens is 236 g/mol. The topological polar surface area (TPSA) is 35.5 Å². The van der Waals surface area contributed by atoms with E-state index < -0.39 is 5.60 Å². The minimum absolute atomic E-state index is 0.536. The van der Waals surface area contributed by atoms with Crippen LogP contribution in [0.25, 0.3) is 0 Å². The molecule has 104 valence electrons. The van der Waals surface area contributed by atoms with Crippen LogP contribution in [0, 0.1) is 6.92 Å². The molecule has 2 fully saturated rings. The molecule has 0 radical (unpaired) electrons. The van der Waals surface area contributed by atoms with Crippen LogP contribution in [0.15, 0.2) is 18.2 Å². The number of aryl methyl sites for hydroxylation is 1. The number of nitrogens with one attached hydrogen (secondary N) is 1. The van der Waals surface area contributed by atoms with Crippen LogP contribution in [0.4, 0.5) is 5.69 Å². The van der Waals surface area contributed by atoms with Crippen LogP contribution in [-0.4, -0.2) is 29.8 Å². The summed E-state index contributed by atoms with van der Waals surface area (Å²) in [6, 6.07) is 7.39. The lowest BCUT2D eigenvalue weighted by atomic mass is 10.1. The fourth-order valence-corrected chi connectivity index (χ4v) is 2.86. The van der Waals surface area contributed by atoms with Crippen LogP contribution in [0.2, 0.25) is 0 Å². The number of anilines is 1. The smallest absolute Gasteiger partial charge is 0.0810 e. The summed E-state index contributed by atoms with van der Waals surface area (Å²) in [6.07, 6.45) is 3.50. The van der Waals surface area contributed by atoms with E-state index >= 15 is 0 Å². The van der Waals surface area contributed by atoms with E-state index in [-0.39, 0.29) is 0 Å². The Balaban J connectivity index is 1.78. The summed E-state index contributed by atoms with van der Waals surface area (Å²) >= 11 is 0. The van der Waals surface area contributed by atoms with Crippen LogP contribution in [0.5, 0.6) is 0 Å². The molecule has 2 N–H and O–H groups in total. The minimum atomic E-state index is -0.536. The molecule has 1 unspecified atom stereocenters. The Kier molecular flexibility index (Phi) is 3.27. The third-order valence-electron chi connectivity index (χ3n) is 4.19. The van der Waals surface area contributed by atoms with Gasteiger partial charge < -0.3 is 15.3 Å². The molecule has 1 aliphatic carbocycles. The van der Waals surface area contributed by atoms with Crippen molar-refractivity contribution in [1.82, 2.24) is 5.32 Å². The van der Waals surface area contributed by atoms with Gasteiger partial charge in [-0.25, -0.2) is 0 Å². The van der Waals surface area contributed by atoms with E-state index in [4.69, 9.17) is 0 Å². The molecule has 1 heterocycles. The van der Waals surface area contributed by atoms with Gasteiger partial charge in [-0.3, -0.25) is 0 Å². The number of rotatable bonds is 4. The highest BCUT2D eigenvalue weighted by Gasteiger charge is 2.32. The van der Waals surface area contributed by atoms with Gasteiger partial charge in [0.15, 0.2) is 0 Å². The van der Waals surface area contributed by atoms with E-state index in [1.165, 1.54) is 29.7 Å². The summed E-state index contributed by atoms with van der Waals surface area (Å²) < 4.78 is 0. The Labute approximate surface area is 115 Å². The van der Waals surface area contributed by atoms with Crippen molar-refractivity contribution < 1.29 is 5.11 Å². The predicted octanol–water partition coefficient (Wildman–Crippen LogP) is 2.21. The second-order valence-electron chi connectivity index (χ2n) is 6.46. The van der Waals surface area contributed by atoms with Crippen LogP contribution in [0.3, 0.4) is 0 Å². The average Bonchev–Trinajstić information content (AvgIpc) is 3.10. The maximum absolute atomic E-state index is 10.1. The average molecular weight is 260 g/mol. The molecule has 1 aromatic carbocycles. The highest BCUT2D eigenvalue weighted by molar-refractivity contribution is 5.56. The van der Waals surface area contributed by atoms with Crippen molar-refractivity contribution in [2.24, 2.45) is 0 Å². The van der Waals surface area contributed by atoms with Crippen molar-refractivity contribution in [3.05, 3.63) is 29.3 Å². The highest BCUT2D eigenvalue weighted by Crippen LogP contribution is 2.30. The number of β-amino-alcohol motifs (C(OH)–C–C–N with tert-alkyl or cyclic N) is 1. The van der Waals surface area contributed by atoms with Crippen molar-refractivity contribution in [2.45, 2.75) is 51.3 Å². The molecule has 0 aromatic heterocycles. The third-order valence-corrected chi connectivity index (χ3v) is 4.19. The maximum Gasteiger partial charge on any atom is 0.0810 e. The van der Waals surface area contributed by atoms with Crippen molar-refractivity contribution in [1.29, 1.82) is 0 Å². The zero-order valence-electron chi connectivity index (χ0n) is 11.9. The summed E-state index contributed by atoms with van der Waals surface area (Å²) in [5.74, 6) is 0. The monoisotopic (exact) mass is 260 g/mol. The first kappa shape index (κ1) is 12.9. The molecule has 1 saturated heterocycles. The Bertz CT molecular complexity index is 466. The predicted molar refractivity (Wildman–Crippen MR) is 78.5 cm³/mol. The third kappa shape index (κ3) is 3.10. The van der Waals surface area contributed by atoms with Crippen molar-refractivity contribution >= 4 is 5.69 Å². The van der Waals surface area contributed by atoms with Crippen LogP contribution in [-0.2, 0) is 6.54 Å². The van der Waals surface area contributed by atoms with Crippen LogP contribution < -0.4 is 10.2 Å². The van der Waals surface area contributed by atoms with Crippen LogP contribution in [0.1, 0.15) is 37.3 Å². The van der Waals surface area contributed by atoms with E-state index in [1.807, 2.05) is 6.92 Å². The minimum Gasteiger partial charge on any atom is -0.388 e. The van der Waals surface area contributed by atoms with Crippen molar-refractivity contribution in [3.63, 3.8) is 0 Å². The summed E-state index contributed by atoms with van der Waals surface area (Å²) in [4.78, 5) is 2.32. The van der Waals surface area contributed by atoms with Gasteiger partial charge in [0.2, 0.25) is 0 Å². The number of aliphatic hydroxyl groups is 1. The standard InChI is InChI=1S/C16H24N2O/c1-12-3-6-15(18-8-7-16(2,19)11-18)13(9-12)10-17-14-4-5-14/h3,6,9,14,17,19H,4-5,7-8,10-11H2,1-2H3. The molecule has 3 rings (SSSR count). The van der Waals surface area contributed by atoms with E-state index in [1.54, 1.807) is 0 Å². The summed E-state index contributed by atoms with van der Waals surface area (Å²) in [5, 5.41) is 13.7. The van der Waals surface area contributed by atoms with Gasteiger partial charge in [-0.05, 0) is 44.7 Å². The zero-order chi connectivity index (χ0) is 13.5. The van der Waals surface area contributed by atoms with Gasteiger partial charge in [-0.15, -0.1) is 0 Å². The van der Waals surface area contributed by atoms with E-state index in [9.17, 15) is 5.11 Å². The lowest BCUT2D eigenvalue weighted by Gasteiger charge is -2.24. The van der Waals surface area contributed by atoms with Gasteiger partial charge in [-0.1, -0.05) is 17.7 Å².